The molecule has 0 spiro atoms. The Labute approximate surface area is 195 Å². The first kappa shape index (κ1) is 21.3. The third-order valence-electron chi connectivity index (χ3n) is 5.77. The second kappa shape index (κ2) is 9.54. The van der Waals surface area contributed by atoms with Crippen LogP contribution in [-0.4, -0.2) is 49.0 Å². The van der Waals surface area contributed by atoms with Crippen LogP contribution in [0.25, 0.3) is 34.6 Å². The van der Waals surface area contributed by atoms with Gasteiger partial charge in [0.05, 0.1) is 12.1 Å². The zero-order chi connectivity index (χ0) is 22.6. The van der Waals surface area contributed by atoms with Crippen molar-refractivity contribution < 1.29 is 9.32 Å². The number of carbonyl (C=O) groups excluding carboxylic acids is 1. The van der Waals surface area contributed by atoms with Gasteiger partial charge in [0.2, 0.25) is 11.7 Å². The number of rotatable bonds is 6. The number of amides is 1. The number of halogens is 1. The molecule has 3 heterocycles. The maximum Gasteiger partial charge on any atom is 0.250 e. The molecule has 0 saturated carbocycles. The van der Waals surface area contributed by atoms with Gasteiger partial charge in [-0.1, -0.05) is 40.2 Å². The number of aromatic nitrogens is 5. The molecule has 1 aliphatic heterocycles. The van der Waals surface area contributed by atoms with E-state index in [2.05, 4.69) is 20.5 Å². The van der Waals surface area contributed by atoms with Crippen molar-refractivity contribution in [1.29, 1.82) is 0 Å². The summed E-state index contributed by atoms with van der Waals surface area (Å²) in [7, 11) is 0. The van der Waals surface area contributed by atoms with Crippen LogP contribution in [0.4, 0.5) is 0 Å². The molecular weight excluding hydrogens is 440 g/mol. The van der Waals surface area contributed by atoms with E-state index in [9.17, 15) is 4.79 Å². The number of benzene rings is 2. The summed E-state index contributed by atoms with van der Waals surface area (Å²) in [5.74, 6) is 1.02. The number of hydrogen-bond acceptors (Lipinski definition) is 6. The molecule has 1 fully saturated rings. The highest BCUT2D eigenvalue weighted by molar-refractivity contribution is 6.32. The molecule has 5 rings (SSSR count). The number of nitrogens with zero attached hydrogens (tertiary/aromatic N) is 6. The molecule has 1 saturated heterocycles. The van der Waals surface area contributed by atoms with Gasteiger partial charge in [0, 0.05) is 36.2 Å². The first-order valence-corrected chi connectivity index (χ1v) is 11.4. The highest BCUT2D eigenvalue weighted by Crippen LogP contribution is 2.23. The lowest BCUT2D eigenvalue weighted by Gasteiger charge is -2.26. The van der Waals surface area contributed by atoms with Gasteiger partial charge < -0.3 is 9.42 Å². The fourth-order valence-electron chi connectivity index (χ4n) is 3.97. The van der Waals surface area contributed by atoms with Gasteiger partial charge in [0.15, 0.2) is 0 Å². The number of piperidine rings is 1. The van der Waals surface area contributed by atoms with Crippen LogP contribution in [-0.2, 0) is 11.3 Å². The van der Waals surface area contributed by atoms with E-state index >= 15 is 0 Å². The number of carbonyl (C=O) groups is 1. The number of fused-ring (bicyclic) bond motifs is 1. The number of likely N-dealkylation sites (tertiary alicyclic amines) is 1. The maximum atomic E-state index is 12.5. The molecule has 0 bridgehead atoms. The monoisotopic (exact) mass is 462 g/mol. The van der Waals surface area contributed by atoms with Crippen molar-refractivity contribution in [3.8, 4) is 11.4 Å². The van der Waals surface area contributed by atoms with Gasteiger partial charge in [-0.15, -0.1) is 5.10 Å². The lowest BCUT2D eigenvalue weighted by molar-refractivity contribution is -0.132. The van der Waals surface area contributed by atoms with E-state index in [0.29, 0.717) is 29.7 Å². The zero-order valence-electron chi connectivity index (χ0n) is 18.0. The van der Waals surface area contributed by atoms with E-state index < -0.39 is 0 Å². The molecule has 4 aromatic rings. The van der Waals surface area contributed by atoms with Crippen LogP contribution in [0.3, 0.4) is 0 Å². The molecule has 0 N–H and O–H groups in total. The van der Waals surface area contributed by atoms with E-state index in [1.54, 1.807) is 10.8 Å². The van der Waals surface area contributed by atoms with Crippen molar-refractivity contribution in [1.82, 2.24) is 30.0 Å². The second-order valence-corrected chi connectivity index (χ2v) is 8.43. The summed E-state index contributed by atoms with van der Waals surface area (Å²) in [5, 5.41) is 13.2. The summed E-state index contributed by atoms with van der Waals surface area (Å²) in [6, 6.07) is 13.2. The smallest absolute Gasteiger partial charge is 0.250 e. The van der Waals surface area contributed by atoms with Crippen molar-refractivity contribution in [3.63, 3.8) is 0 Å². The molecular formula is C24H23ClN6O2. The van der Waals surface area contributed by atoms with E-state index in [-0.39, 0.29) is 5.91 Å². The van der Waals surface area contributed by atoms with Crippen molar-refractivity contribution in [2.24, 2.45) is 0 Å². The minimum atomic E-state index is 0.180. The van der Waals surface area contributed by atoms with Crippen LogP contribution in [0.1, 0.15) is 37.1 Å². The number of aryl methyl sites for hydroxylation is 1. The molecule has 9 heteroatoms. The van der Waals surface area contributed by atoms with Gasteiger partial charge in [-0.3, -0.25) is 4.79 Å². The van der Waals surface area contributed by atoms with Gasteiger partial charge in [-0.05, 0) is 55.2 Å². The fourth-order valence-corrected chi connectivity index (χ4v) is 4.17. The molecule has 1 aliphatic rings. The molecule has 168 valence electrons. The molecule has 1 amide bonds. The first-order chi connectivity index (χ1) is 16.2. The summed E-state index contributed by atoms with van der Waals surface area (Å²) < 4.78 is 7.12. The quantitative estimate of drug-likeness (QED) is 0.412. The summed E-state index contributed by atoms with van der Waals surface area (Å²) in [4.78, 5) is 18.8. The third-order valence-corrected chi connectivity index (χ3v) is 6.11. The van der Waals surface area contributed by atoms with Crippen molar-refractivity contribution in [2.45, 2.75) is 32.2 Å². The molecule has 33 heavy (non-hydrogen) atoms. The molecule has 8 nitrogen and oxygen atoms in total. The van der Waals surface area contributed by atoms with Crippen LogP contribution in [0.2, 0.25) is 5.02 Å². The average molecular weight is 463 g/mol. The standard InChI is InChI=1S/C24H23ClN6O2/c25-19-7-3-2-6-17(19)9-11-22-26-24(28-33-22)18-8-10-21-20(16-18)27-29-31(21)15-12-23(32)30-13-4-1-5-14-30/h2-3,6-11,16H,1,4-5,12-15H2/b11-9+. The van der Waals surface area contributed by atoms with E-state index in [1.165, 1.54) is 6.42 Å². The lowest BCUT2D eigenvalue weighted by Crippen LogP contribution is -2.36. The van der Waals surface area contributed by atoms with Crippen LogP contribution >= 0.6 is 11.6 Å². The summed E-state index contributed by atoms with van der Waals surface area (Å²) >= 11 is 6.17. The first-order valence-electron chi connectivity index (χ1n) is 11.0. The van der Waals surface area contributed by atoms with Crippen molar-refractivity contribution >= 4 is 40.7 Å². The van der Waals surface area contributed by atoms with Crippen LogP contribution in [0.15, 0.2) is 47.0 Å². The predicted molar refractivity (Wildman–Crippen MR) is 126 cm³/mol. The predicted octanol–water partition coefficient (Wildman–Crippen LogP) is 4.71. The minimum Gasteiger partial charge on any atom is -0.343 e. The van der Waals surface area contributed by atoms with Crippen LogP contribution < -0.4 is 0 Å². The van der Waals surface area contributed by atoms with Gasteiger partial charge in [-0.2, -0.15) is 4.98 Å². The molecule has 2 aromatic heterocycles. The van der Waals surface area contributed by atoms with Crippen molar-refractivity contribution in [3.05, 3.63) is 58.9 Å². The second-order valence-electron chi connectivity index (χ2n) is 8.02. The Morgan fingerprint density at radius 2 is 1.94 bits per heavy atom. The molecule has 2 aromatic carbocycles. The highest BCUT2D eigenvalue weighted by Gasteiger charge is 2.17. The molecule has 0 radical (unpaired) electrons. The Balaban J connectivity index is 1.28. The fraction of sp³-hybridized carbons (Fsp3) is 0.292. The Bertz CT molecular complexity index is 1310. The topological polar surface area (TPSA) is 89.9 Å². The largest absolute Gasteiger partial charge is 0.343 e. The summed E-state index contributed by atoms with van der Waals surface area (Å²) in [5.41, 5.74) is 3.24. The Morgan fingerprint density at radius 3 is 2.79 bits per heavy atom. The van der Waals surface area contributed by atoms with Gasteiger partial charge in [0.1, 0.15) is 5.52 Å². The van der Waals surface area contributed by atoms with E-state index in [0.717, 1.165) is 48.1 Å². The molecule has 0 aliphatic carbocycles. The summed E-state index contributed by atoms with van der Waals surface area (Å²) in [6.07, 6.45) is 7.37. The lowest BCUT2D eigenvalue weighted by atomic mass is 10.1. The van der Waals surface area contributed by atoms with Crippen molar-refractivity contribution in [2.75, 3.05) is 13.1 Å². The minimum absolute atomic E-state index is 0.180. The normalized spacial score (nSPS) is 14.4. The Morgan fingerprint density at radius 1 is 1.09 bits per heavy atom. The Kier molecular flexibility index (Phi) is 6.17. The Hall–Kier alpha value is -3.52. The molecule has 0 unspecified atom stereocenters. The van der Waals surface area contributed by atoms with Gasteiger partial charge in [-0.25, -0.2) is 4.68 Å². The SMILES string of the molecule is O=C(CCn1nnc2cc(-c3noc(/C=C/c4ccccc4Cl)n3)ccc21)N1CCCCC1. The summed E-state index contributed by atoms with van der Waals surface area (Å²) in [6.45, 7) is 2.23. The van der Waals surface area contributed by atoms with E-state index in [1.807, 2.05) is 53.4 Å². The number of hydrogen-bond donors (Lipinski definition) is 0. The average Bonchev–Trinajstić information content (AvgIpc) is 3.49. The third kappa shape index (κ3) is 4.80. The van der Waals surface area contributed by atoms with Crippen LogP contribution in [0.5, 0.6) is 0 Å². The maximum absolute atomic E-state index is 12.5. The zero-order valence-corrected chi connectivity index (χ0v) is 18.8. The van der Waals surface area contributed by atoms with Gasteiger partial charge >= 0.3 is 0 Å². The van der Waals surface area contributed by atoms with Gasteiger partial charge in [0.25, 0.3) is 5.89 Å². The van der Waals surface area contributed by atoms with Crippen LogP contribution in [0, 0.1) is 0 Å². The molecule has 0 atom stereocenters. The highest BCUT2D eigenvalue weighted by atomic mass is 35.5. The van der Waals surface area contributed by atoms with E-state index in [4.69, 9.17) is 16.1 Å².